The highest BCUT2D eigenvalue weighted by Crippen LogP contribution is 2.28. The smallest absolute Gasteiger partial charge is 0.222 e. The second kappa shape index (κ2) is 6.39. The highest BCUT2D eigenvalue weighted by atomic mass is 32.1. The molecule has 2 rings (SSSR count). The number of aromatic nitrogens is 2. The lowest BCUT2D eigenvalue weighted by atomic mass is 10.1. The molecule has 2 heterocycles. The number of hydrogen-bond donors (Lipinski definition) is 2. The number of thiophene rings is 1. The van der Waals surface area contributed by atoms with Crippen molar-refractivity contribution in [3.63, 3.8) is 0 Å². The molecule has 6 heteroatoms. The van der Waals surface area contributed by atoms with E-state index in [-0.39, 0.29) is 11.4 Å². The van der Waals surface area contributed by atoms with E-state index in [2.05, 4.69) is 33.6 Å². The van der Waals surface area contributed by atoms with Crippen LogP contribution in [0.4, 0.5) is 5.82 Å². The van der Waals surface area contributed by atoms with Gasteiger partial charge in [-0.05, 0) is 33.3 Å². The van der Waals surface area contributed by atoms with E-state index in [9.17, 15) is 4.79 Å². The van der Waals surface area contributed by atoms with Crippen molar-refractivity contribution in [2.24, 2.45) is 0 Å². The number of carbonyl (C=O) groups is 1. The minimum atomic E-state index is -0.192. The Bertz CT molecular complexity index is 630. The Morgan fingerprint density at radius 2 is 2.10 bits per heavy atom. The van der Waals surface area contributed by atoms with Crippen LogP contribution in [-0.4, -0.2) is 28.0 Å². The van der Waals surface area contributed by atoms with E-state index < -0.39 is 0 Å². The van der Waals surface area contributed by atoms with E-state index in [4.69, 9.17) is 0 Å². The summed E-state index contributed by atoms with van der Waals surface area (Å²) in [6.07, 6.45) is 2.98. The summed E-state index contributed by atoms with van der Waals surface area (Å²) < 4.78 is 0. The lowest BCUT2D eigenvalue weighted by Gasteiger charge is -2.20. The maximum Gasteiger partial charge on any atom is 0.222 e. The summed E-state index contributed by atoms with van der Waals surface area (Å²) in [4.78, 5) is 22.6. The van der Waals surface area contributed by atoms with Crippen LogP contribution in [0.3, 0.4) is 0 Å². The summed E-state index contributed by atoms with van der Waals surface area (Å²) in [6, 6.07) is 2.12. The summed E-state index contributed by atoms with van der Waals surface area (Å²) in [6.45, 7) is 8.62. The van der Waals surface area contributed by atoms with Crippen LogP contribution in [0.25, 0.3) is 10.2 Å². The van der Waals surface area contributed by atoms with E-state index in [1.165, 1.54) is 4.88 Å². The molecule has 2 N–H and O–H groups in total. The van der Waals surface area contributed by atoms with Crippen LogP contribution in [0, 0.1) is 0 Å². The molecule has 0 aliphatic rings. The Morgan fingerprint density at radius 1 is 1.33 bits per heavy atom. The Hall–Kier alpha value is -1.69. The second-order valence-corrected chi connectivity index (χ2v) is 7.10. The molecule has 0 unspecified atom stereocenters. The first-order valence-corrected chi connectivity index (χ1v) is 7.99. The highest BCUT2D eigenvalue weighted by Gasteiger charge is 2.13. The first-order valence-electron chi connectivity index (χ1n) is 7.17. The first kappa shape index (κ1) is 15.7. The fourth-order valence-corrected chi connectivity index (χ4v) is 2.93. The quantitative estimate of drug-likeness (QED) is 0.891. The van der Waals surface area contributed by atoms with Gasteiger partial charge in [0.25, 0.3) is 0 Å². The predicted octanol–water partition coefficient (Wildman–Crippen LogP) is 2.97. The zero-order valence-electron chi connectivity index (χ0n) is 13.0. The van der Waals surface area contributed by atoms with Crippen LogP contribution in [0.1, 0.15) is 39.0 Å². The predicted molar refractivity (Wildman–Crippen MR) is 87.8 cm³/mol. The van der Waals surface area contributed by atoms with Crippen molar-refractivity contribution in [2.45, 2.75) is 46.1 Å². The van der Waals surface area contributed by atoms with Gasteiger partial charge in [0.2, 0.25) is 5.91 Å². The SMILES string of the molecule is CCc1cc2c(NCCC(=O)NC(C)(C)C)ncnc2s1. The summed E-state index contributed by atoms with van der Waals surface area (Å²) >= 11 is 1.69. The van der Waals surface area contributed by atoms with Crippen molar-refractivity contribution in [3.8, 4) is 0 Å². The highest BCUT2D eigenvalue weighted by molar-refractivity contribution is 7.18. The van der Waals surface area contributed by atoms with E-state index in [1.54, 1.807) is 17.7 Å². The number of fused-ring (bicyclic) bond motifs is 1. The van der Waals surface area contributed by atoms with Gasteiger partial charge >= 0.3 is 0 Å². The topological polar surface area (TPSA) is 66.9 Å². The molecular weight excluding hydrogens is 284 g/mol. The lowest BCUT2D eigenvalue weighted by molar-refractivity contribution is -0.122. The molecule has 0 bridgehead atoms. The molecule has 0 saturated carbocycles. The van der Waals surface area contributed by atoms with Gasteiger partial charge in [0.1, 0.15) is 17.0 Å². The third kappa shape index (κ3) is 4.39. The van der Waals surface area contributed by atoms with Crippen LogP contribution in [0.15, 0.2) is 12.4 Å². The zero-order chi connectivity index (χ0) is 15.5. The molecule has 0 aliphatic carbocycles. The molecule has 5 nitrogen and oxygen atoms in total. The fraction of sp³-hybridized carbons (Fsp3) is 0.533. The molecule has 2 aromatic rings. The number of hydrogen-bond acceptors (Lipinski definition) is 5. The number of anilines is 1. The Labute approximate surface area is 129 Å². The van der Waals surface area contributed by atoms with E-state index >= 15 is 0 Å². The number of nitrogens with one attached hydrogen (secondary N) is 2. The monoisotopic (exact) mass is 306 g/mol. The molecule has 0 saturated heterocycles. The molecule has 0 aliphatic heterocycles. The van der Waals surface area contributed by atoms with Crippen LogP contribution >= 0.6 is 11.3 Å². The van der Waals surface area contributed by atoms with Crippen LogP contribution in [0.5, 0.6) is 0 Å². The Balaban J connectivity index is 1.97. The van der Waals surface area contributed by atoms with Crippen molar-refractivity contribution in [1.82, 2.24) is 15.3 Å². The van der Waals surface area contributed by atoms with E-state index in [0.29, 0.717) is 13.0 Å². The van der Waals surface area contributed by atoms with Crippen molar-refractivity contribution in [3.05, 3.63) is 17.3 Å². The van der Waals surface area contributed by atoms with Gasteiger partial charge in [-0.15, -0.1) is 11.3 Å². The van der Waals surface area contributed by atoms with Gasteiger partial charge in [-0.3, -0.25) is 4.79 Å². The minimum Gasteiger partial charge on any atom is -0.369 e. The maximum atomic E-state index is 11.8. The van der Waals surface area contributed by atoms with Gasteiger partial charge in [0, 0.05) is 23.4 Å². The zero-order valence-corrected chi connectivity index (χ0v) is 13.8. The Kier molecular flexibility index (Phi) is 4.77. The van der Waals surface area contributed by atoms with Crippen LogP contribution < -0.4 is 10.6 Å². The largest absolute Gasteiger partial charge is 0.369 e. The van der Waals surface area contributed by atoms with Gasteiger partial charge in [0.15, 0.2) is 0 Å². The molecule has 1 amide bonds. The number of nitrogens with zero attached hydrogens (tertiary/aromatic N) is 2. The number of aryl methyl sites for hydroxylation is 1. The molecule has 114 valence electrons. The average Bonchev–Trinajstić information content (AvgIpc) is 2.80. The van der Waals surface area contributed by atoms with Crippen molar-refractivity contribution < 1.29 is 4.79 Å². The lowest BCUT2D eigenvalue weighted by Crippen LogP contribution is -2.41. The van der Waals surface area contributed by atoms with Gasteiger partial charge in [-0.1, -0.05) is 6.92 Å². The van der Waals surface area contributed by atoms with Crippen molar-refractivity contribution in [1.29, 1.82) is 0 Å². The van der Waals surface area contributed by atoms with Crippen molar-refractivity contribution in [2.75, 3.05) is 11.9 Å². The molecule has 0 spiro atoms. The molecule has 0 radical (unpaired) electrons. The van der Waals surface area contributed by atoms with Gasteiger partial charge < -0.3 is 10.6 Å². The number of rotatable bonds is 5. The van der Waals surface area contributed by atoms with Gasteiger partial charge in [-0.2, -0.15) is 0 Å². The summed E-state index contributed by atoms with van der Waals surface area (Å²) in [5.74, 6) is 0.847. The normalized spacial score (nSPS) is 11.6. The fourth-order valence-electron chi connectivity index (χ4n) is 2.00. The summed E-state index contributed by atoms with van der Waals surface area (Å²) in [5, 5.41) is 7.22. The van der Waals surface area contributed by atoms with E-state index in [0.717, 1.165) is 22.5 Å². The average molecular weight is 306 g/mol. The first-order chi connectivity index (χ1) is 9.89. The van der Waals surface area contributed by atoms with Gasteiger partial charge in [0.05, 0.1) is 5.39 Å². The van der Waals surface area contributed by atoms with E-state index in [1.807, 2.05) is 20.8 Å². The molecule has 0 atom stereocenters. The summed E-state index contributed by atoms with van der Waals surface area (Å²) in [5.41, 5.74) is -0.192. The maximum absolute atomic E-state index is 11.8. The molecule has 0 aromatic carbocycles. The molecule has 2 aromatic heterocycles. The van der Waals surface area contributed by atoms with Crippen molar-refractivity contribution >= 4 is 33.3 Å². The second-order valence-electron chi connectivity index (χ2n) is 5.98. The number of carbonyl (C=O) groups excluding carboxylic acids is 1. The third-order valence-corrected chi connectivity index (χ3v) is 4.08. The van der Waals surface area contributed by atoms with Crippen LogP contribution in [-0.2, 0) is 11.2 Å². The number of amides is 1. The third-order valence-electron chi connectivity index (χ3n) is 2.89. The molecule has 0 fully saturated rings. The molecular formula is C15H22N4OS. The summed E-state index contributed by atoms with van der Waals surface area (Å²) in [7, 11) is 0. The van der Waals surface area contributed by atoms with Crippen LogP contribution in [0.2, 0.25) is 0 Å². The standard InChI is InChI=1S/C15H22N4OS/c1-5-10-8-11-13(17-9-18-14(11)21-10)16-7-6-12(20)19-15(2,3)4/h8-9H,5-7H2,1-4H3,(H,19,20)(H,16,17,18). The van der Waals surface area contributed by atoms with Gasteiger partial charge in [-0.25, -0.2) is 9.97 Å². The molecule has 21 heavy (non-hydrogen) atoms. The Morgan fingerprint density at radius 3 is 2.76 bits per heavy atom. The minimum absolute atomic E-state index is 0.0415.